The normalized spacial score (nSPS) is 25.2. The van der Waals surface area contributed by atoms with Crippen LogP contribution in [-0.4, -0.2) is 59.0 Å². The van der Waals surface area contributed by atoms with E-state index < -0.39 is 23.2 Å². The summed E-state index contributed by atoms with van der Waals surface area (Å²) in [6.45, 7) is 13.9. The first kappa shape index (κ1) is 28.5. The molecule has 200 valence electrons. The molecule has 3 rings (SSSR count). The molecule has 2 fully saturated rings. The van der Waals surface area contributed by atoms with Gasteiger partial charge in [0.2, 0.25) is 0 Å². The summed E-state index contributed by atoms with van der Waals surface area (Å²) in [4.78, 5) is 28.3. The number of unbranched alkanes of at least 4 members (excludes halogenated alkanes) is 1. The first-order chi connectivity index (χ1) is 16.7. The minimum atomic E-state index is -1.17. The molecular weight excluding hydrogens is 459 g/mol. The Bertz CT molecular complexity index is 901. The molecule has 36 heavy (non-hydrogen) atoms. The highest BCUT2D eigenvalue weighted by molar-refractivity contribution is 6.45. The molecule has 8 nitrogen and oxygen atoms in total. The van der Waals surface area contributed by atoms with Crippen molar-refractivity contribution in [3.8, 4) is 0 Å². The van der Waals surface area contributed by atoms with Gasteiger partial charge in [0.1, 0.15) is 17.7 Å². The minimum absolute atomic E-state index is 0.132. The van der Waals surface area contributed by atoms with E-state index >= 15 is 0 Å². The molecule has 2 saturated heterocycles. The molecule has 2 N–H and O–H groups in total. The number of hydrogen-bond donors (Lipinski definition) is 1. The van der Waals surface area contributed by atoms with Gasteiger partial charge in [0.15, 0.2) is 0 Å². The highest BCUT2D eigenvalue weighted by atomic mass is 16.7. The fourth-order valence-electron chi connectivity index (χ4n) is 4.79. The van der Waals surface area contributed by atoms with Gasteiger partial charge in [-0.05, 0) is 73.2 Å². The van der Waals surface area contributed by atoms with Crippen LogP contribution < -0.4 is 5.73 Å². The van der Waals surface area contributed by atoms with Crippen molar-refractivity contribution < 1.29 is 28.4 Å². The third kappa shape index (κ3) is 6.61. The Kier molecular flexibility index (Phi) is 8.48. The van der Waals surface area contributed by atoms with E-state index in [0.29, 0.717) is 25.6 Å². The highest BCUT2D eigenvalue weighted by Crippen LogP contribution is 2.40. The summed E-state index contributed by atoms with van der Waals surface area (Å²) in [5, 5.41) is 0. The van der Waals surface area contributed by atoms with Gasteiger partial charge in [-0.15, -0.1) is 0 Å². The monoisotopic (exact) mass is 502 g/mol. The molecule has 1 aromatic rings. The van der Waals surface area contributed by atoms with Crippen LogP contribution in [-0.2, 0) is 30.2 Å². The number of carbonyl (C=O) groups excluding carboxylic acids is 2. The van der Waals surface area contributed by atoms with Crippen molar-refractivity contribution in [2.24, 2.45) is 5.73 Å². The van der Waals surface area contributed by atoms with Crippen LogP contribution in [0.15, 0.2) is 30.3 Å². The second kappa shape index (κ2) is 10.7. The zero-order valence-corrected chi connectivity index (χ0v) is 23.0. The molecule has 0 spiro atoms. The second-order valence-corrected chi connectivity index (χ2v) is 12.1. The molecule has 1 unspecified atom stereocenters. The number of nitrogens with two attached hydrogens (primary N) is 1. The highest BCUT2D eigenvalue weighted by Gasteiger charge is 2.55. The number of likely N-dealkylation sites (tertiary alicyclic amines) is 1. The zero-order chi connectivity index (χ0) is 26.8. The van der Waals surface area contributed by atoms with Gasteiger partial charge in [0.05, 0.1) is 11.2 Å². The molecule has 0 aromatic heterocycles. The maximum Gasteiger partial charge on any atom is 0.457 e. The van der Waals surface area contributed by atoms with Crippen molar-refractivity contribution in [2.75, 3.05) is 6.54 Å². The Morgan fingerprint density at radius 1 is 1.08 bits per heavy atom. The summed E-state index contributed by atoms with van der Waals surface area (Å²) in [6, 6.07) is 9.16. The van der Waals surface area contributed by atoms with Crippen LogP contribution in [0.25, 0.3) is 0 Å². The molecule has 2 aliphatic rings. The largest absolute Gasteiger partial charge is 0.459 e. The SMILES string of the molecule is CC(C)(C)OC(=O)N1C[C@H](N)CC1(CCCCB1OC(C)(C)C(C)(C)O1)C(=O)OCc1ccccc1. The standard InChI is InChI=1S/C27H43BN2O6/c1-24(2,3)34-23(32)30-18-21(29)17-27(30,22(31)33-19-20-13-9-8-10-14-20)15-11-12-16-28-35-25(4,5)26(6,7)36-28/h8-10,13-14,21H,11-12,15-19,29H2,1-7H3/t21-,27?/m1/s1. The molecule has 0 aliphatic carbocycles. The number of benzene rings is 1. The van der Waals surface area contributed by atoms with Gasteiger partial charge in [-0.1, -0.05) is 43.2 Å². The molecule has 0 bridgehead atoms. The van der Waals surface area contributed by atoms with E-state index in [2.05, 4.69) is 0 Å². The third-order valence-corrected chi connectivity index (χ3v) is 7.32. The van der Waals surface area contributed by atoms with E-state index in [9.17, 15) is 9.59 Å². The van der Waals surface area contributed by atoms with E-state index in [1.807, 2.05) is 58.0 Å². The summed E-state index contributed by atoms with van der Waals surface area (Å²) >= 11 is 0. The number of carbonyl (C=O) groups is 2. The molecule has 2 aliphatic heterocycles. The van der Waals surface area contributed by atoms with Crippen LogP contribution in [0.5, 0.6) is 0 Å². The number of amides is 1. The average molecular weight is 502 g/mol. The van der Waals surface area contributed by atoms with Crippen molar-refractivity contribution >= 4 is 19.2 Å². The quantitative estimate of drug-likeness (QED) is 0.313. The van der Waals surface area contributed by atoms with Gasteiger partial charge in [0.25, 0.3) is 0 Å². The van der Waals surface area contributed by atoms with Gasteiger partial charge >= 0.3 is 19.2 Å². The predicted octanol–water partition coefficient (Wildman–Crippen LogP) is 4.70. The molecule has 0 radical (unpaired) electrons. The second-order valence-electron chi connectivity index (χ2n) is 12.1. The number of ether oxygens (including phenoxy) is 2. The van der Waals surface area contributed by atoms with Crippen molar-refractivity contribution in [3.05, 3.63) is 35.9 Å². The average Bonchev–Trinajstić information content (AvgIpc) is 3.21. The smallest absolute Gasteiger partial charge is 0.457 e. The van der Waals surface area contributed by atoms with Crippen molar-refractivity contribution in [2.45, 2.75) is 115 Å². The Labute approximate surface area is 216 Å². The van der Waals surface area contributed by atoms with Crippen LogP contribution >= 0.6 is 0 Å². The van der Waals surface area contributed by atoms with Gasteiger partial charge in [-0.3, -0.25) is 4.90 Å². The summed E-state index contributed by atoms with van der Waals surface area (Å²) in [6.07, 6.45) is 2.35. The molecule has 2 heterocycles. The maximum atomic E-state index is 13.6. The summed E-state index contributed by atoms with van der Waals surface area (Å²) < 4.78 is 23.6. The topological polar surface area (TPSA) is 100 Å². The number of esters is 1. The van der Waals surface area contributed by atoms with Crippen molar-refractivity contribution in [3.63, 3.8) is 0 Å². The summed E-state index contributed by atoms with van der Waals surface area (Å²) in [7, 11) is -0.302. The summed E-state index contributed by atoms with van der Waals surface area (Å²) in [5.41, 5.74) is 4.56. The lowest BCUT2D eigenvalue weighted by Crippen LogP contribution is -2.55. The van der Waals surface area contributed by atoms with E-state index in [4.69, 9.17) is 24.5 Å². The van der Waals surface area contributed by atoms with E-state index in [1.165, 1.54) is 4.90 Å². The molecule has 1 aromatic carbocycles. The first-order valence-corrected chi connectivity index (χ1v) is 13.0. The lowest BCUT2D eigenvalue weighted by Gasteiger charge is -2.37. The number of nitrogens with zero attached hydrogens (tertiary/aromatic N) is 1. The van der Waals surface area contributed by atoms with Crippen LogP contribution in [0, 0.1) is 0 Å². The van der Waals surface area contributed by atoms with Crippen LogP contribution in [0.4, 0.5) is 4.79 Å². The van der Waals surface area contributed by atoms with E-state index in [0.717, 1.165) is 12.0 Å². The number of hydrogen-bond acceptors (Lipinski definition) is 7. The maximum absolute atomic E-state index is 13.6. The van der Waals surface area contributed by atoms with Crippen LogP contribution in [0.2, 0.25) is 6.32 Å². The lowest BCUT2D eigenvalue weighted by molar-refractivity contribution is -0.158. The number of rotatable bonds is 8. The van der Waals surface area contributed by atoms with Gasteiger partial charge in [-0.2, -0.15) is 0 Å². The van der Waals surface area contributed by atoms with Crippen molar-refractivity contribution in [1.82, 2.24) is 4.90 Å². The first-order valence-electron chi connectivity index (χ1n) is 13.0. The molecule has 0 saturated carbocycles. The lowest BCUT2D eigenvalue weighted by atomic mass is 9.80. The zero-order valence-electron chi connectivity index (χ0n) is 23.0. The third-order valence-electron chi connectivity index (χ3n) is 7.32. The van der Waals surface area contributed by atoms with Gasteiger partial charge in [0, 0.05) is 12.6 Å². The van der Waals surface area contributed by atoms with Gasteiger partial charge in [-0.25, -0.2) is 9.59 Å². The van der Waals surface area contributed by atoms with E-state index in [-0.39, 0.29) is 37.5 Å². The van der Waals surface area contributed by atoms with Crippen molar-refractivity contribution in [1.29, 1.82) is 0 Å². The molecule has 1 amide bonds. The minimum Gasteiger partial charge on any atom is -0.459 e. The summed E-state index contributed by atoms with van der Waals surface area (Å²) in [5.74, 6) is -0.444. The molecule has 2 atom stereocenters. The Morgan fingerprint density at radius 3 is 2.28 bits per heavy atom. The van der Waals surface area contributed by atoms with Gasteiger partial charge < -0.3 is 24.5 Å². The fourth-order valence-corrected chi connectivity index (χ4v) is 4.79. The van der Waals surface area contributed by atoms with E-state index in [1.54, 1.807) is 20.8 Å². The molecule has 9 heteroatoms. The molecular formula is C27H43BN2O6. The Balaban J connectivity index is 1.72. The fraction of sp³-hybridized carbons (Fsp3) is 0.704. The van der Waals surface area contributed by atoms with Crippen LogP contribution in [0.1, 0.15) is 79.7 Å². The van der Waals surface area contributed by atoms with Crippen LogP contribution in [0.3, 0.4) is 0 Å². The Hall–Kier alpha value is -2.10. The Morgan fingerprint density at radius 2 is 1.69 bits per heavy atom. The predicted molar refractivity (Wildman–Crippen MR) is 139 cm³/mol.